The first kappa shape index (κ1) is 8.91. The first-order valence-electron chi connectivity index (χ1n) is 4.20. The summed E-state index contributed by atoms with van der Waals surface area (Å²) in [5.74, 6) is 0.845. The van der Waals surface area contributed by atoms with E-state index >= 15 is 0 Å². The van der Waals surface area contributed by atoms with Gasteiger partial charge in [-0.3, -0.25) is 0 Å². The SMILES string of the molecule is C=CC1=C(C=C)N(CC)CCO1. The van der Waals surface area contributed by atoms with E-state index in [1.165, 1.54) is 0 Å². The van der Waals surface area contributed by atoms with Crippen molar-refractivity contribution in [3.05, 3.63) is 36.8 Å². The molecule has 2 heteroatoms. The van der Waals surface area contributed by atoms with Gasteiger partial charge in [0, 0.05) is 6.54 Å². The molecule has 0 aliphatic carbocycles. The molecule has 2 nitrogen and oxygen atoms in total. The van der Waals surface area contributed by atoms with Crippen molar-refractivity contribution in [2.75, 3.05) is 19.7 Å². The zero-order valence-corrected chi connectivity index (χ0v) is 7.55. The van der Waals surface area contributed by atoms with Gasteiger partial charge in [-0.15, -0.1) is 0 Å². The van der Waals surface area contributed by atoms with Crippen LogP contribution in [0.4, 0.5) is 0 Å². The van der Waals surface area contributed by atoms with Gasteiger partial charge >= 0.3 is 0 Å². The third-order valence-electron chi connectivity index (χ3n) is 1.97. The van der Waals surface area contributed by atoms with Crippen molar-refractivity contribution in [1.29, 1.82) is 0 Å². The summed E-state index contributed by atoms with van der Waals surface area (Å²) >= 11 is 0. The maximum Gasteiger partial charge on any atom is 0.142 e. The second kappa shape index (κ2) is 4.00. The molecule has 0 unspecified atom stereocenters. The van der Waals surface area contributed by atoms with Crippen LogP contribution in [-0.4, -0.2) is 24.6 Å². The first-order chi connectivity index (χ1) is 5.83. The predicted molar refractivity (Wildman–Crippen MR) is 50.6 cm³/mol. The van der Waals surface area contributed by atoms with Crippen LogP contribution in [0.15, 0.2) is 36.8 Å². The maximum absolute atomic E-state index is 5.41. The zero-order chi connectivity index (χ0) is 8.97. The molecule has 1 heterocycles. The van der Waals surface area contributed by atoms with Gasteiger partial charge in [-0.25, -0.2) is 0 Å². The van der Waals surface area contributed by atoms with E-state index in [9.17, 15) is 0 Å². The van der Waals surface area contributed by atoms with Crippen molar-refractivity contribution in [3.63, 3.8) is 0 Å². The highest BCUT2D eigenvalue weighted by Gasteiger charge is 2.14. The molecule has 0 saturated carbocycles. The lowest BCUT2D eigenvalue weighted by Crippen LogP contribution is -2.31. The fourth-order valence-corrected chi connectivity index (χ4v) is 1.34. The van der Waals surface area contributed by atoms with E-state index in [0.29, 0.717) is 0 Å². The Morgan fingerprint density at radius 3 is 2.75 bits per heavy atom. The van der Waals surface area contributed by atoms with Gasteiger partial charge in [0.2, 0.25) is 0 Å². The van der Waals surface area contributed by atoms with Crippen molar-refractivity contribution in [2.24, 2.45) is 0 Å². The molecular formula is C10H15NO. The second-order valence-electron chi connectivity index (χ2n) is 2.59. The Hall–Kier alpha value is -1.18. The number of hydrogen-bond acceptors (Lipinski definition) is 2. The summed E-state index contributed by atoms with van der Waals surface area (Å²) in [7, 11) is 0. The number of hydrogen-bond donors (Lipinski definition) is 0. The van der Waals surface area contributed by atoms with E-state index < -0.39 is 0 Å². The summed E-state index contributed by atoms with van der Waals surface area (Å²) in [6, 6.07) is 0. The first-order valence-corrected chi connectivity index (χ1v) is 4.20. The van der Waals surface area contributed by atoms with Gasteiger partial charge in [0.15, 0.2) is 0 Å². The van der Waals surface area contributed by atoms with Crippen molar-refractivity contribution in [3.8, 4) is 0 Å². The third kappa shape index (κ3) is 1.52. The van der Waals surface area contributed by atoms with Crippen LogP contribution >= 0.6 is 0 Å². The van der Waals surface area contributed by atoms with E-state index in [0.717, 1.165) is 31.2 Å². The van der Waals surface area contributed by atoms with E-state index in [2.05, 4.69) is 25.0 Å². The minimum absolute atomic E-state index is 0.743. The standard InChI is InChI=1S/C10H15NO/c1-4-9-10(5-2)12-8-7-11(9)6-3/h4-5H,1-2,6-8H2,3H3. The van der Waals surface area contributed by atoms with E-state index in [4.69, 9.17) is 4.74 Å². The second-order valence-corrected chi connectivity index (χ2v) is 2.59. The molecule has 1 aliphatic rings. The quantitative estimate of drug-likeness (QED) is 0.633. The van der Waals surface area contributed by atoms with Crippen molar-refractivity contribution in [1.82, 2.24) is 4.90 Å². The lowest BCUT2D eigenvalue weighted by Gasteiger charge is -2.30. The van der Waals surface area contributed by atoms with Gasteiger partial charge < -0.3 is 9.64 Å². The lowest BCUT2D eigenvalue weighted by atomic mass is 10.2. The summed E-state index contributed by atoms with van der Waals surface area (Å²) in [4.78, 5) is 2.23. The van der Waals surface area contributed by atoms with Gasteiger partial charge in [-0.1, -0.05) is 13.2 Å². The molecule has 0 aromatic rings. The van der Waals surface area contributed by atoms with E-state index in [1.807, 2.05) is 6.08 Å². The predicted octanol–water partition coefficient (Wildman–Crippen LogP) is 1.92. The molecule has 0 spiro atoms. The Labute approximate surface area is 73.8 Å². The van der Waals surface area contributed by atoms with Gasteiger partial charge in [0.1, 0.15) is 12.4 Å². The molecule has 0 aromatic carbocycles. The third-order valence-corrected chi connectivity index (χ3v) is 1.97. The summed E-state index contributed by atoms with van der Waals surface area (Å²) in [5, 5.41) is 0. The lowest BCUT2D eigenvalue weighted by molar-refractivity contribution is 0.146. The van der Waals surface area contributed by atoms with Crippen LogP contribution in [0.3, 0.4) is 0 Å². The van der Waals surface area contributed by atoms with E-state index in [1.54, 1.807) is 6.08 Å². The number of rotatable bonds is 3. The molecule has 0 saturated heterocycles. The average molecular weight is 165 g/mol. The topological polar surface area (TPSA) is 12.5 Å². The Morgan fingerprint density at radius 1 is 1.50 bits per heavy atom. The fourth-order valence-electron chi connectivity index (χ4n) is 1.34. The van der Waals surface area contributed by atoms with Crippen LogP contribution in [0.25, 0.3) is 0 Å². The number of ether oxygens (including phenoxy) is 1. The zero-order valence-electron chi connectivity index (χ0n) is 7.55. The van der Waals surface area contributed by atoms with Crippen LogP contribution in [0.2, 0.25) is 0 Å². The molecule has 0 bridgehead atoms. The molecule has 66 valence electrons. The Balaban J connectivity index is 2.92. The van der Waals surface area contributed by atoms with Gasteiger partial charge in [0.25, 0.3) is 0 Å². The Bertz CT molecular complexity index is 218. The highest BCUT2D eigenvalue weighted by molar-refractivity contribution is 5.27. The molecule has 0 atom stereocenters. The molecule has 0 amide bonds. The van der Waals surface area contributed by atoms with Crippen LogP contribution in [0, 0.1) is 0 Å². The van der Waals surface area contributed by atoms with Crippen LogP contribution in [-0.2, 0) is 4.74 Å². The van der Waals surface area contributed by atoms with Crippen molar-refractivity contribution >= 4 is 0 Å². The molecule has 1 rings (SSSR count). The number of likely N-dealkylation sites (N-methyl/N-ethyl adjacent to an activating group) is 1. The normalized spacial score (nSPS) is 17.2. The average Bonchev–Trinajstić information content (AvgIpc) is 2.16. The minimum Gasteiger partial charge on any atom is -0.490 e. The Kier molecular flexibility index (Phi) is 2.97. The van der Waals surface area contributed by atoms with Crippen LogP contribution < -0.4 is 0 Å². The summed E-state index contributed by atoms with van der Waals surface area (Å²) < 4.78 is 5.41. The number of nitrogens with zero attached hydrogens (tertiary/aromatic N) is 1. The van der Waals surface area contributed by atoms with Crippen LogP contribution in [0.1, 0.15) is 6.92 Å². The maximum atomic E-state index is 5.41. The highest BCUT2D eigenvalue weighted by atomic mass is 16.5. The van der Waals surface area contributed by atoms with Crippen LogP contribution in [0.5, 0.6) is 0 Å². The molecule has 0 radical (unpaired) electrons. The molecule has 0 fully saturated rings. The molecule has 0 N–H and O–H groups in total. The largest absolute Gasteiger partial charge is 0.490 e. The Morgan fingerprint density at radius 2 is 2.25 bits per heavy atom. The van der Waals surface area contributed by atoms with Crippen molar-refractivity contribution in [2.45, 2.75) is 6.92 Å². The van der Waals surface area contributed by atoms with Gasteiger partial charge in [-0.05, 0) is 19.1 Å². The molecule has 1 aliphatic heterocycles. The molecular weight excluding hydrogens is 150 g/mol. The molecule has 12 heavy (non-hydrogen) atoms. The summed E-state index contributed by atoms with van der Waals surface area (Å²) in [6.07, 6.45) is 3.55. The summed E-state index contributed by atoms with van der Waals surface area (Å²) in [6.45, 7) is 12.2. The van der Waals surface area contributed by atoms with Gasteiger partial charge in [-0.2, -0.15) is 0 Å². The molecule has 0 aromatic heterocycles. The highest BCUT2D eigenvalue weighted by Crippen LogP contribution is 2.17. The van der Waals surface area contributed by atoms with Crippen molar-refractivity contribution < 1.29 is 4.74 Å². The summed E-state index contributed by atoms with van der Waals surface area (Å²) in [5.41, 5.74) is 1.05. The fraction of sp³-hybridized carbons (Fsp3) is 0.400. The number of allylic oxidation sites excluding steroid dienone is 2. The minimum atomic E-state index is 0.743. The monoisotopic (exact) mass is 165 g/mol. The van der Waals surface area contributed by atoms with E-state index in [-0.39, 0.29) is 0 Å². The van der Waals surface area contributed by atoms with Gasteiger partial charge in [0.05, 0.1) is 12.2 Å². The smallest absolute Gasteiger partial charge is 0.142 e.